The number of nitrogens with zero attached hydrogens (tertiary/aromatic N) is 9. The molecule has 13 heteroatoms. The molecular formula is C23H17N13. The van der Waals surface area contributed by atoms with Gasteiger partial charge >= 0.3 is 0 Å². The fourth-order valence-corrected chi connectivity index (χ4v) is 2.44. The topological polar surface area (TPSA) is 238 Å². The third-order valence-electron chi connectivity index (χ3n) is 4.09. The average molecular weight is 475 g/mol. The number of anilines is 1. The van der Waals surface area contributed by atoms with E-state index in [1.54, 1.807) is 12.3 Å². The highest BCUT2D eigenvalue weighted by Crippen LogP contribution is 2.11. The summed E-state index contributed by atoms with van der Waals surface area (Å²) in [6, 6.07) is 17.9. The summed E-state index contributed by atoms with van der Waals surface area (Å²) in [7, 11) is 0. The summed E-state index contributed by atoms with van der Waals surface area (Å²) in [6.45, 7) is 0. The molecule has 5 aromatic heterocycles. The second-order valence-electron chi connectivity index (χ2n) is 6.47. The minimum absolute atomic E-state index is 0.288. The Bertz CT molecular complexity index is 1570. The molecule has 0 aliphatic heterocycles. The molecule has 0 bridgehead atoms. The lowest BCUT2D eigenvalue weighted by Crippen LogP contribution is -2.07. The van der Waals surface area contributed by atoms with Crippen molar-refractivity contribution < 1.29 is 0 Å². The molecule has 0 radical (unpaired) electrons. The van der Waals surface area contributed by atoms with Crippen molar-refractivity contribution in [2.45, 2.75) is 0 Å². The van der Waals surface area contributed by atoms with Crippen molar-refractivity contribution in [1.82, 2.24) is 29.2 Å². The van der Waals surface area contributed by atoms with E-state index in [0.717, 1.165) is 4.68 Å². The number of nitriles is 5. The molecule has 0 saturated heterocycles. The standard InChI is InChI=1S/C7H5N5.C6H4N4.C6H3N3.C4H5N/c8-2-5-1-6-7(9)10-4-11-12(6)3-5;7-2-5-1-6(3-8)10(9)4-5;7-2-5-1-6(3-8)9-4-5;1-2-4-5-3-1/h1,3-4H,(H2,9,10,11);1,4H,9H2;1,4,9H;1-5H. The Morgan fingerprint density at radius 2 is 1.47 bits per heavy atom. The van der Waals surface area contributed by atoms with Crippen molar-refractivity contribution in [1.29, 1.82) is 26.3 Å². The molecule has 0 saturated carbocycles. The smallest absolute Gasteiger partial charge is 0.151 e. The monoisotopic (exact) mass is 475 g/mol. The first-order chi connectivity index (χ1) is 17.4. The molecule has 5 rings (SSSR count). The van der Waals surface area contributed by atoms with Crippen molar-refractivity contribution in [3.05, 3.63) is 95.7 Å². The van der Waals surface area contributed by atoms with Crippen LogP contribution in [0.15, 0.2) is 67.6 Å². The number of hydrogen-bond acceptors (Lipinski definition) is 9. The molecule has 0 unspecified atom stereocenters. The van der Waals surface area contributed by atoms with E-state index < -0.39 is 0 Å². The predicted octanol–water partition coefficient (Wildman–Crippen LogP) is 1.90. The van der Waals surface area contributed by atoms with Crippen molar-refractivity contribution in [2.24, 2.45) is 0 Å². The van der Waals surface area contributed by atoms with Crippen LogP contribution in [0.1, 0.15) is 28.1 Å². The van der Waals surface area contributed by atoms with Crippen molar-refractivity contribution in [3.8, 4) is 30.3 Å². The number of nitrogens with one attached hydrogen (secondary N) is 2. The predicted molar refractivity (Wildman–Crippen MR) is 127 cm³/mol. The van der Waals surface area contributed by atoms with Gasteiger partial charge in [-0.05, 0) is 30.3 Å². The second-order valence-corrected chi connectivity index (χ2v) is 6.47. The van der Waals surface area contributed by atoms with Crippen LogP contribution in [-0.2, 0) is 0 Å². The third-order valence-corrected chi connectivity index (χ3v) is 4.09. The molecule has 13 nitrogen and oxygen atoms in total. The Morgan fingerprint density at radius 1 is 0.806 bits per heavy atom. The maximum atomic E-state index is 8.58. The van der Waals surface area contributed by atoms with Crippen molar-refractivity contribution >= 4 is 11.3 Å². The number of nitrogens with two attached hydrogens (primary N) is 2. The highest BCUT2D eigenvalue weighted by atomic mass is 15.3. The van der Waals surface area contributed by atoms with Gasteiger partial charge in [0.25, 0.3) is 0 Å². The molecule has 0 atom stereocenters. The first kappa shape index (κ1) is 25.8. The van der Waals surface area contributed by atoms with Gasteiger partial charge in [0.1, 0.15) is 53.6 Å². The molecule has 0 amide bonds. The zero-order valence-corrected chi connectivity index (χ0v) is 18.5. The number of rotatable bonds is 0. The number of aromatic amines is 2. The minimum atomic E-state index is 0.288. The van der Waals surface area contributed by atoms with E-state index in [2.05, 4.69) is 20.1 Å². The van der Waals surface area contributed by atoms with Crippen LogP contribution in [0.5, 0.6) is 0 Å². The van der Waals surface area contributed by atoms with Gasteiger partial charge < -0.3 is 21.5 Å². The van der Waals surface area contributed by atoms with Crippen LogP contribution >= 0.6 is 0 Å². The average Bonchev–Trinajstić information content (AvgIpc) is 3.71. The summed E-state index contributed by atoms with van der Waals surface area (Å²) in [4.78, 5) is 9.28. The van der Waals surface area contributed by atoms with Crippen LogP contribution in [0.2, 0.25) is 0 Å². The molecule has 0 spiro atoms. The third kappa shape index (κ3) is 7.29. The maximum Gasteiger partial charge on any atom is 0.151 e. The Hall–Kier alpha value is -6.49. The summed E-state index contributed by atoms with van der Waals surface area (Å²) < 4.78 is 2.65. The lowest BCUT2D eigenvalue weighted by Gasteiger charge is -1.93. The van der Waals surface area contributed by atoms with Gasteiger partial charge in [0.05, 0.1) is 16.7 Å². The Labute approximate surface area is 204 Å². The molecule has 0 aliphatic rings. The molecule has 0 aliphatic carbocycles. The molecule has 0 aromatic carbocycles. The van der Waals surface area contributed by atoms with E-state index in [0.29, 0.717) is 33.7 Å². The number of aromatic nitrogens is 6. The van der Waals surface area contributed by atoms with E-state index in [1.807, 2.05) is 54.9 Å². The van der Waals surface area contributed by atoms with E-state index in [-0.39, 0.29) is 5.69 Å². The number of hydrogen-bond donors (Lipinski definition) is 4. The minimum Gasteiger partial charge on any atom is -0.382 e. The zero-order valence-electron chi connectivity index (χ0n) is 18.5. The molecule has 5 heterocycles. The maximum absolute atomic E-state index is 8.58. The van der Waals surface area contributed by atoms with Gasteiger partial charge in [0, 0.05) is 31.0 Å². The fraction of sp³-hybridized carbons (Fsp3) is 0. The molecule has 36 heavy (non-hydrogen) atoms. The summed E-state index contributed by atoms with van der Waals surface area (Å²) >= 11 is 0. The lowest BCUT2D eigenvalue weighted by molar-refractivity contribution is 0.907. The fourth-order valence-electron chi connectivity index (χ4n) is 2.44. The number of fused-ring (bicyclic) bond motifs is 1. The van der Waals surface area contributed by atoms with Crippen LogP contribution in [0.4, 0.5) is 5.82 Å². The van der Waals surface area contributed by atoms with Gasteiger partial charge in [-0.3, -0.25) is 4.68 Å². The summed E-state index contributed by atoms with van der Waals surface area (Å²) in [6.07, 6.45) is 9.61. The van der Waals surface area contributed by atoms with E-state index >= 15 is 0 Å². The Kier molecular flexibility index (Phi) is 9.41. The van der Waals surface area contributed by atoms with Crippen LogP contribution in [0.3, 0.4) is 0 Å². The van der Waals surface area contributed by atoms with Gasteiger partial charge in [-0.1, -0.05) is 0 Å². The van der Waals surface area contributed by atoms with Crippen LogP contribution in [0.25, 0.3) is 5.52 Å². The van der Waals surface area contributed by atoms with Gasteiger partial charge in [0.2, 0.25) is 0 Å². The molecular weight excluding hydrogens is 458 g/mol. The van der Waals surface area contributed by atoms with E-state index in [4.69, 9.17) is 37.9 Å². The lowest BCUT2D eigenvalue weighted by atomic mass is 10.3. The van der Waals surface area contributed by atoms with Gasteiger partial charge in [-0.2, -0.15) is 31.4 Å². The van der Waals surface area contributed by atoms with E-state index in [1.165, 1.54) is 35.4 Å². The second kappa shape index (κ2) is 13.1. The quantitative estimate of drug-likeness (QED) is 0.239. The summed E-state index contributed by atoms with van der Waals surface area (Å²) in [5, 5.41) is 45.7. The number of H-pyrrole nitrogens is 2. The first-order valence-corrected chi connectivity index (χ1v) is 9.78. The normalized spacial score (nSPS) is 8.64. The van der Waals surface area contributed by atoms with Crippen LogP contribution in [0, 0.1) is 56.7 Å². The SMILES string of the molecule is N#Cc1c[nH]c(C#N)c1.N#Cc1cc(C#N)n(N)c1.N#Cc1cc2c(N)ncnn2c1.c1cc[nH]c1. The highest BCUT2D eigenvalue weighted by molar-refractivity contribution is 5.67. The molecule has 6 N–H and O–H groups in total. The largest absolute Gasteiger partial charge is 0.382 e. The molecule has 5 aromatic rings. The zero-order chi connectivity index (χ0) is 26.3. The van der Waals surface area contributed by atoms with Crippen LogP contribution < -0.4 is 11.6 Å². The van der Waals surface area contributed by atoms with Crippen molar-refractivity contribution in [3.63, 3.8) is 0 Å². The summed E-state index contributed by atoms with van der Waals surface area (Å²) in [5.74, 6) is 5.65. The highest BCUT2D eigenvalue weighted by Gasteiger charge is 2.02. The summed E-state index contributed by atoms with van der Waals surface area (Å²) in [5.41, 5.74) is 8.34. The number of nitrogen functional groups attached to an aromatic ring is 2. The molecule has 174 valence electrons. The van der Waals surface area contributed by atoms with Gasteiger partial charge in [-0.15, -0.1) is 0 Å². The van der Waals surface area contributed by atoms with Crippen LogP contribution in [-0.4, -0.2) is 29.2 Å². The van der Waals surface area contributed by atoms with E-state index in [9.17, 15) is 0 Å². The Balaban J connectivity index is 0.000000175. The van der Waals surface area contributed by atoms with Crippen molar-refractivity contribution in [2.75, 3.05) is 11.6 Å². The first-order valence-electron chi connectivity index (χ1n) is 9.78. The Morgan fingerprint density at radius 3 is 1.89 bits per heavy atom. The molecule has 0 fully saturated rings. The van der Waals surface area contributed by atoms with Gasteiger partial charge in [-0.25, -0.2) is 9.50 Å². The van der Waals surface area contributed by atoms with Gasteiger partial charge in [0.15, 0.2) is 5.82 Å².